The lowest BCUT2D eigenvalue weighted by Gasteiger charge is -2.39. The number of hydrogen-bond acceptors (Lipinski definition) is 4. The molecule has 0 saturated carbocycles. The smallest absolute Gasteiger partial charge is 0.322 e. The number of benzene rings is 3. The lowest BCUT2D eigenvalue weighted by molar-refractivity contribution is -0.134. The normalized spacial score (nSPS) is 14.3. The molecule has 0 spiro atoms. The van der Waals surface area contributed by atoms with Gasteiger partial charge >= 0.3 is 6.03 Å². The van der Waals surface area contributed by atoms with Gasteiger partial charge in [0.2, 0.25) is 5.91 Å². The number of carbonyl (C=O) groups excluding carboxylic acids is 2. The number of para-hydroxylation sites is 1. The highest BCUT2D eigenvalue weighted by atomic mass is 16.5. The minimum atomic E-state index is -0.326. The zero-order chi connectivity index (χ0) is 28.8. The number of urea groups is 1. The van der Waals surface area contributed by atoms with Crippen LogP contribution in [0.2, 0.25) is 0 Å². The van der Waals surface area contributed by atoms with Crippen LogP contribution >= 0.6 is 0 Å². The number of amides is 3. The van der Waals surface area contributed by atoms with E-state index >= 15 is 0 Å². The first kappa shape index (κ1) is 27.8. The molecule has 1 unspecified atom stereocenters. The van der Waals surface area contributed by atoms with E-state index in [1.807, 2.05) is 111 Å². The Hall–Kier alpha value is -4.72. The molecular formula is C33H36N4O4. The molecule has 3 aromatic carbocycles. The second-order valence-corrected chi connectivity index (χ2v) is 10.2. The van der Waals surface area contributed by atoms with E-state index in [2.05, 4.69) is 9.88 Å². The first-order valence-corrected chi connectivity index (χ1v) is 14.0. The third kappa shape index (κ3) is 6.54. The van der Waals surface area contributed by atoms with Crippen LogP contribution in [-0.4, -0.2) is 52.0 Å². The Kier molecular flexibility index (Phi) is 8.58. The van der Waals surface area contributed by atoms with E-state index in [4.69, 9.17) is 9.47 Å². The number of aromatic nitrogens is 1. The molecule has 1 atom stereocenters. The lowest BCUT2D eigenvalue weighted by atomic mass is 9.99. The average molecular weight is 553 g/mol. The molecule has 0 saturated heterocycles. The van der Waals surface area contributed by atoms with Gasteiger partial charge in [-0.1, -0.05) is 30.3 Å². The monoisotopic (exact) mass is 552 g/mol. The summed E-state index contributed by atoms with van der Waals surface area (Å²) in [7, 11) is 0. The maximum absolute atomic E-state index is 13.9. The molecule has 41 heavy (non-hydrogen) atoms. The largest absolute Gasteiger partial charge is 0.494 e. The van der Waals surface area contributed by atoms with Crippen molar-refractivity contribution in [2.24, 2.45) is 0 Å². The van der Waals surface area contributed by atoms with Crippen LogP contribution < -0.4 is 14.8 Å². The SMILES string of the molecule is CCOc1ccc(NC(=O)N(CC(=O)N2CCn3cccc3C2c2cccc(Oc3ccccc3)c2)C(C)C)cc1. The Balaban J connectivity index is 1.36. The van der Waals surface area contributed by atoms with Gasteiger partial charge in [0.25, 0.3) is 0 Å². The van der Waals surface area contributed by atoms with Crippen molar-refractivity contribution in [2.75, 3.05) is 25.0 Å². The van der Waals surface area contributed by atoms with Crippen LogP contribution in [0.15, 0.2) is 97.2 Å². The summed E-state index contributed by atoms with van der Waals surface area (Å²) in [6.07, 6.45) is 2.04. The van der Waals surface area contributed by atoms with Gasteiger partial charge in [-0.25, -0.2) is 4.79 Å². The predicted octanol–water partition coefficient (Wildman–Crippen LogP) is 6.55. The molecule has 1 aromatic heterocycles. The second kappa shape index (κ2) is 12.6. The highest BCUT2D eigenvalue weighted by molar-refractivity contribution is 5.92. The van der Waals surface area contributed by atoms with E-state index in [0.717, 1.165) is 22.8 Å². The summed E-state index contributed by atoms with van der Waals surface area (Å²) in [5.74, 6) is 2.06. The van der Waals surface area contributed by atoms with Crippen molar-refractivity contribution in [1.29, 1.82) is 0 Å². The fraction of sp³-hybridized carbons (Fsp3) is 0.273. The van der Waals surface area contributed by atoms with Crippen LogP contribution in [0, 0.1) is 0 Å². The molecule has 1 aliphatic heterocycles. The van der Waals surface area contributed by atoms with E-state index in [-0.39, 0.29) is 30.6 Å². The number of ether oxygens (including phenoxy) is 2. The summed E-state index contributed by atoms with van der Waals surface area (Å²) in [6, 6.07) is 27.9. The van der Waals surface area contributed by atoms with Gasteiger partial charge < -0.3 is 29.2 Å². The molecule has 8 nitrogen and oxygen atoms in total. The van der Waals surface area contributed by atoms with Crippen molar-refractivity contribution < 1.29 is 19.1 Å². The first-order valence-electron chi connectivity index (χ1n) is 14.0. The standard InChI is InChI=1S/C33H36N4O4/c1-4-40-27-17-15-26(16-18-27)34-33(39)37(24(2)3)23-31(38)36-21-20-35-19-9-14-30(35)32(36)25-10-8-13-29(22-25)41-28-11-6-5-7-12-28/h5-19,22,24,32H,4,20-21,23H2,1-3H3,(H,34,39). The number of fused-ring (bicyclic) bond motifs is 1. The van der Waals surface area contributed by atoms with Crippen LogP contribution in [0.3, 0.4) is 0 Å². The molecule has 1 N–H and O–H groups in total. The summed E-state index contributed by atoms with van der Waals surface area (Å²) in [5.41, 5.74) is 2.61. The lowest BCUT2D eigenvalue weighted by Crippen LogP contribution is -2.50. The van der Waals surface area contributed by atoms with E-state index in [0.29, 0.717) is 31.1 Å². The van der Waals surface area contributed by atoms with Gasteiger partial charge in [0.05, 0.1) is 12.6 Å². The van der Waals surface area contributed by atoms with Gasteiger partial charge in [-0.2, -0.15) is 0 Å². The van der Waals surface area contributed by atoms with Gasteiger partial charge in [0, 0.05) is 36.7 Å². The van der Waals surface area contributed by atoms with Crippen LogP contribution in [-0.2, 0) is 11.3 Å². The summed E-state index contributed by atoms with van der Waals surface area (Å²) in [4.78, 5) is 30.7. The van der Waals surface area contributed by atoms with Gasteiger partial charge in [0.15, 0.2) is 0 Å². The topological polar surface area (TPSA) is 76.0 Å². The summed E-state index contributed by atoms with van der Waals surface area (Å²) >= 11 is 0. The molecule has 0 aliphatic carbocycles. The van der Waals surface area contributed by atoms with Crippen LogP contribution in [0.25, 0.3) is 0 Å². The molecule has 0 fully saturated rings. The molecule has 212 valence electrons. The van der Waals surface area contributed by atoms with Gasteiger partial charge in [-0.3, -0.25) is 4.79 Å². The molecule has 4 aromatic rings. The van der Waals surface area contributed by atoms with Crippen molar-refractivity contribution in [3.63, 3.8) is 0 Å². The average Bonchev–Trinajstić information content (AvgIpc) is 3.46. The Morgan fingerprint density at radius 3 is 2.39 bits per heavy atom. The maximum atomic E-state index is 13.9. The number of anilines is 1. The fourth-order valence-electron chi connectivity index (χ4n) is 5.10. The minimum absolute atomic E-state index is 0.0437. The number of hydrogen-bond donors (Lipinski definition) is 1. The first-order chi connectivity index (χ1) is 19.9. The summed E-state index contributed by atoms with van der Waals surface area (Å²) < 4.78 is 13.8. The Morgan fingerprint density at radius 2 is 1.66 bits per heavy atom. The quantitative estimate of drug-likeness (QED) is 0.255. The molecule has 5 rings (SSSR count). The number of nitrogens with one attached hydrogen (secondary N) is 1. The molecule has 8 heteroatoms. The maximum Gasteiger partial charge on any atom is 0.322 e. The van der Waals surface area contributed by atoms with E-state index < -0.39 is 0 Å². The highest BCUT2D eigenvalue weighted by Crippen LogP contribution is 2.35. The van der Waals surface area contributed by atoms with Gasteiger partial charge in [0.1, 0.15) is 23.8 Å². The Bertz CT molecular complexity index is 1470. The minimum Gasteiger partial charge on any atom is -0.494 e. The fourth-order valence-corrected chi connectivity index (χ4v) is 5.10. The van der Waals surface area contributed by atoms with Crippen molar-refractivity contribution in [3.8, 4) is 17.2 Å². The Labute approximate surface area is 241 Å². The van der Waals surface area contributed by atoms with E-state index in [9.17, 15) is 9.59 Å². The molecular weight excluding hydrogens is 516 g/mol. The van der Waals surface area contributed by atoms with Crippen LogP contribution in [0.5, 0.6) is 17.2 Å². The molecule has 2 heterocycles. The number of carbonyl (C=O) groups is 2. The Morgan fingerprint density at radius 1 is 0.902 bits per heavy atom. The van der Waals surface area contributed by atoms with Crippen molar-refractivity contribution in [2.45, 2.75) is 39.4 Å². The zero-order valence-electron chi connectivity index (χ0n) is 23.7. The highest BCUT2D eigenvalue weighted by Gasteiger charge is 2.34. The molecule has 0 bridgehead atoms. The molecule has 1 aliphatic rings. The van der Waals surface area contributed by atoms with E-state index in [1.165, 1.54) is 0 Å². The zero-order valence-corrected chi connectivity index (χ0v) is 23.7. The third-order valence-corrected chi connectivity index (χ3v) is 7.12. The number of nitrogens with zero attached hydrogens (tertiary/aromatic N) is 3. The van der Waals surface area contributed by atoms with Crippen molar-refractivity contribution in [1.82, 2.24) is 14.4 Å². The number of rotatable bonds is 9. The van der Waals surface area contributed by atoms with Crippen LogP contribution in [0.1, 0.15) is 38.1 Å². The molecule has 0 radical (unpaired) electrons. The summed E-state index contributed by atoms with van der Waals surface area (Å²) in [6.45, 7) is 7.49. The van der Waals surface area contributed by atoms with Gasteiger partial charge in [-0.15, -0.1) is 0 Å². The molecule has 3 amide bonds. The van der Waals surface area contributed by atoms with Crippen molar-refractivity contribution in [3.05, 3.63) is 108 Å². The van der Waals surface area contributed by atoms with E-state index in [1.54, 1.807) is 17.0 Å². The second-order valence-electron chi connectivity index (χ2n) is 10.2. The van der Waals surface area contributed by atoms with Crippen molar-refractivity contribution >= 4 is 17.6 Å². The third-order valence-electron chi connectivity index (χ3n) is 7.12. The predicted molar refractivity (Wildman–Crippen MR) is 159 cm³/mol. The summed E-state index contributed by atoms with van der Waals surface area (Å²) in [5, 5.41) is 2.93. The van der Waals surface area contributed by atoms with Gasteiger partial charge in [-0.05, 0) is 87.0 Å². The van der Waals surface area contributed by atoms with Crippen LogP contribution in [0.4, 0.5) is 10.5 Å².